The predicted octanol–water partition coefficient (Wildman–Crippen LogP) is 3.45. The molecule has 1 saturated heterocycles. The van der Waals surface area contributed by atoms with E-state index in [9.17, 15) is 5.11 Å². The van der Waals surface area contributed by atoms with Crippen LogP contribution in [0.4, 0.5) is 11.4 Å². The number of rotatable bonds is 5. The fourth-order valence-corrected chi connectivity index (χ4v) is 3.38. The largest absolute Gasteiger partial charge is 0.393 e. The van der Waals surface area contributed by atoms with Gasteiger partial charge in [-0.2, -0.15) is 5.10 Å². The summed E-state index contributed by atoms with van der Waals surface area (Å²) in [6, 6.07) is 18.5. The second-order valence-corrected chi connectivity index (χ2v) is 6.72. The zero-order chi connectivity index (χ0) is 17.8. The first-order valence-electron chi connectivity index (χ1n) is 9.14. The molecule has 0 aliphatic carbocycles. The lowest BCUT2D eigenvalue weighted by Crippen LogP contribution is -2.36. The predicted molar refractivity (Wildman–Crippen MR) is 105 cm³/mol. The molecule has 0 radical (unpaired) electrons. The van der Waals surface area contributed by atoms with E-state index in [1.165, 1.54) is 5.69 Å². The van der Waals surface area contributed by atoms with Crippen LogP contribution >= 0.6 is 0 Å². The van der Waals surface area contributed by atoms with Crippen LogP contribution in [0.2, 0.25) is 0 Å². The Bertz CT molecular complexity index is 838. The van der Waals surface area contributed by atoms with E-state index in [1.807, 2.05) is 41.2 Å². The highest BCUT2D eigenvalue weighted by Gasteiger charge is 2.19. The molecule has 4 rings (SSSR count). The van der Waals surface area contributed by atoms with Crippen molar-refractivity contribution < 1.29 is 5.11 Å². The minimum absolute atomic E-state index is 0.157. The third kappa shape index (κ3) is 3.73. The molecule has 3 aromatic rings. The monoisotopic (exact) mass is 348 g/mol. The van der Waals surface area contributed by atoms with Crippen LogP contribution in [0.3, 0.4) is 0 Å². The van der Waals surface area contributed by atoms with Crippen molar-refractivity contribution in [3.63, 3.8) is 0 Å². The SMILES string of the molecule is OC1CCN(c2ccccc2NCc2cnn(-c3ccccc3)c2)CC1. The van der Waals surface area contributed by atoms with Crippen LogP contribution in [-0.2, 0) is 6.54 Å². The summed E-state index contributed by atoms with van der Waals surface area (Å²) in [6.45, 7) is 2.51. The Hall–Kier alpha value is -2.79. The first-order valence-corrected chi connectivity index (χ1v) is 9.14. The van der Waals surface area contributed by atoms with Gasteiger partial charge in [0.15, 0.2) is 0 Å². The molecule has 1 fully saturated rings. The molecule has 0 bridgehead atoms. The van der Waals surface area contributed by atoms with E-state index in [1.54, 1.807) is 0 Å². The Morgan fingerprint density at radius 2 is 1.73 bits per heavy atom. The van der Waals surface area contributed by atoms with Gasteiger partial charge in [0.1, 0.15) is 0 Å². The molecular weight excluding hydrogens is 324 g/mol. The highest BCUT2D eigenvalue weighted by molar-refractivity contribution is 5.70. The smallest absolute Gasteiger partial charge is 0.0645 e. The summed E-state index contributed by atoms with van der Waals surface area (Å²) in [5.74, 6) is 0. The molecule has 0 amide bonds. The number of nitrogens with zero attached hydrogens (tertiary/aromatic N) is 3. The summed E-state index contributed by atoms with van der Waals surface area (Å²) in [6.07, 6.45) is 5.47. The van der Waals surface area contributed by atoms with Gasteiger partial charge < -0.3 is 15.3 Å². The molecule has 1 aliphatic heterocycles. The van der Waals surface area contributed by atoms with Gasteiger partial charge in [-0.25, -0.2) is 4.68 Å². The highest BCUT2D eigenvalue weighted by Crippen LogP contribution is 2.28. The van der Waals surface area contributed by atoms with Crippen LogP contribution in [-0.4, -0.2) is 34.1 Å². The third-order valence-electron chi connectivity index (χ3n) is 4.85. The maximum Gasteiger partial charge on any atom is 0.0645 e. The number of hydrogen-bond acceptors (Lipinski definition) is 4. The average molecular weight is 348 g/mol. The lowest BCUT2D eigenvalue weighted by Gasteiger charge is -2.33. The molecule has 5 nitrogen and oxygen atoms in total. The van der Waals surface area contributed by atoms with Gasteiger partial charge in [0, 0.05) is 31.4 Å². The summed E-state index contributed by atoms with van der Waals surface area (Å²) in [4.78, 5) is 2.35. The van der Waals surface area contributed by atoms with E-state index < -0.39 is 0 Å². The molecule has 2 heterocycles. The molecule has 0 atom stereocenters. The van der Waals surface area contributed by atoms with Gasteiger partial charge >= 0.3 is 0 Å². The van der Waals surface area contributed by atoms with Gasteiger partial charge in [-0.05, 0) is 37.1 Å². The van der Waals surface area contributed by atoms with Crippen molar-refractivity contribution in [2.45, 2.75) is 25.5 Å². The number of benzene rings is 2. The number of hydrogen-bond donors (Lipinski definition) is 2. The number of aromatic nitrogens is 2. The summed E-state index contributed by atoms with van der Waals surface area (Å²) < 4.78 is 1.90. The number of aliphatic hydroxyl groups excluding tert-OH is 1. The zero-order valence-corrected chi connectivity index (χ0v) is 14.8. The molecule has 1 aliphatic rings. The second kappa shape index (κ2) is 7.62. The number of aliphatic hydroxyl groups is 1. The minimum Gasteiger partial charge on any atom is -0.393 e. The van der Waals surface area contributed by atoms with Crippen LogP contribution in [0.5, 0.6) is 0 Å². The van der Waals surface area contributed by atoms with E-state index >= 15 is 0 Å². The lowest BCUT2D eigenvalue weighted by molar-refractivity contribution is 0.145. The van der Waals surface area contributed by atoms with Crippen molar-refractivity contribution in [1.82, 2.24) is 9.78 Å². The second-order valence-electron chi connectivity index (χ2n) is 6.72. The molecule has 26 heavy (non-hydrogen) atoms. The first-order chi connectivity index (χ1) is 12.8. The van der Waals surface area contributed by atoms with Crippen LogP contribution in [0, 0.1) is 0 Å². The van der Waals surface area contributed by atoms with E-state index in [0.717, 1.165) is 49.4 Å². The minimum atomic E-state index is -0.157. The molecule has 2 aromatic carbocycles. The van der Waals surface area contributed by atoms with Crippen molar-refractivity contribution in [3.8, 4) is 5.69 Å². The van der Waals surface area contributed by atoms with Crippen LogP contribution in [0.1, 0.15) is 18.4 Å². The van der Waals surface area contributed by atoms with Gasteiger partial charge in [0.25, 0.3) is 0 Å². The number of nitrogens with one attached hydrogen (secondary N) is 1. The number of para-hydroxylation sites is 3. The van der Waals surface area contributed by atoms with Crippen molar-refractivity contribution >= 4 is 11.4 Å². The summed E-state index contributed by atoms with van der Waals surface area (Å²) in [5.41, 5.74) is 4.52. The quantitative estimate of drug-likeness (QED) is 0.742. The summed E-state index contributed by atoms with van der Waals surface area (Å²) in [5, 5.41) is 17.7. The van der Waals surface area contributed by atoms with Crippen molar-refractivity contribution in [1.29, 1.82) is 0 Å². The first kappa shape index (κ1) is 16.7. The van der Waals surface area contributed by atoms with Crippen LogP contribution in [0.15, 0.2) is 67.0 Å². The third-order valence-corrected chi connectivity index (χ3v) is 4.85. The van der Waals surface area contributed by atoms with Gasteiger partial charge in [-0.1, -0.05) is 30.3 Å². The Kier molecular flexibility index (Phi) is 4.88. The maximum atomic E-state index is 9.74. The standard InChI is InChI=1S/C21H24N4O/c26-19-10-12-24(13-11-19)21-9-5-4-8-20(21)22-14-17-15-23-25(16-17)18-6-2-1-3-7-18/h1-9,15-16,19,22,26H,10-14H2. The van der Waals surface area contributed by atoms with E-state index in [-0.39, 0.29) is 6.10 Å². The van der Waals surface area contributed by atoms with E-state index in [0.29, 0.717) is 0 Å². The number of piperidine rings is 1. The van der Waals surface area contributed by atoms with Crippen molar-refractivity contribution in [3.05, 3.63) is 72.6 Å². The molecule has 1 aromatic heterocycles. The fraction of sp³-hybridized carbons (Fsp3) is 0.286. The van der Waals surface area contributed by atoms with E-state index in [4.69, 9.17) is 0 Å². The molecular formula is C21H24N4O. The number of anilines is 2. The average Bonchev–Trinajstić information content (AvgIpc) is 3.17. The molecule has 0 spiro atoms. The van der Waals surface area contributed by atoms with Crippen LogP contribution < -0.4 is 10.2 Å². The van der Waals surface area contributed by atoms with E-state index in [2.05, 4.69) is 45.8 Å². The zero-order valence-electron chi connectivity index (χ0n) is 14.8. The Labute approximate surface area is 153 Å². The van der Waals surface area contributed by atoms with Gasteiger partial charge in [-0.15, -0.1) is 0 Å². The van der Waals surface area contributed by atoms with Crippen molar-refractivity contribution in [2.24, 2.45) is 0 Å². The maximum absolute atomic E-state index is 9.74. The molecule has 134 valence electrons. The van der Waals surface area contributed by atoms with Gasteiger partial charge in [-0.3, -0.25) is 0 Å². The van der Waals surface area contributed by atoms with Crippen molar-refractivity contribution in [2.75, 3.05) is 23.3 Å². The molecule has 0 saturated carbocycles. The Balaban J connectivity index is 1.45. The summed E-state index contributed by atoms with van der Waals surface area (Å²) in [7, 11) is 0. The normalized spacial score (nSPS) is 15.2. The Morgan fingerprint density at radius 3 is 2.54 bits per heavy atom. The van der Waals surface area contributed by atoms with Gasteiger partial charge in [0.2, 0.25) is 0 Å². The molecule has 5 heteroatoms. The summed E-state index contributed by atoms with van der Waals surface area (Å²) >= 11 is 0. The van der Waals surface area contributed by atoms with Crippen LogP contribution in [0.25, 0.3) is 5.69 Å². The molecule has 2 N–H and O–H groups in total. The highest BCUT2D eigenvalue weighted by atomic mass is 16.3. The molecule has 0 unspecified atom stereocenters. The fourth-order valence-electron chi connectivity index (χ4n) is 3.38. The van der Waals surface area contributed by atoms with Gasteiger partial charge in [0.05, 0.1) is 29.4 Å². The Morgan fingerprint density at radius 1 is 1.00 bits per heavy atom. The topological polar surface area (TPSA) is 53.3 Å². The lowest BCUT2D eigenvalue weighted by atomic mass is 10.1.